The van der Waals surface area contributed by atoms with Crippen molar-refractivity contribution in [3.05, 3.63) is 0 Å². The predicted molar refractivity (Wildman–Crippen MR) is 40.8 cm³/mol. The van der Waals surface area contributed by atoms with E-state index in [-0.39, 0.29) is 17.9 Å². The van der Waals surface area contributed by atoms with Gasteiger partial charge in [0.15, 0.2) is 0 Å². The van der Waals surface area contributed by atoms with Crippen LogP contribution in [0.4, 0.5) is 0 Å². The van der Waals surface area contributed by atoms with Crippen molar-refractivity contribution in [3.63, 3.8) is 0 Å². The van der Waals surface area contributed by atoms with Gasteiger partial charge < -0.3 is 0 Å². The van der Waals surface area contributed by atoms with Crippen molar-refractivity contribution in [1.29, 1.82) is 0 Å². The van der Waals surface area contributed by atoms with E-state index < -0.39 is 0 Å². The molecule has 1 heterocycles. The van der Waals surface area contributed by atoms with E-state index in [0.717, 1.165) is 6.42 Å². The highest BCUT2D eigenvalue weighted by Gasteiger charge is 2.27. The van der Waals surface area contributed by atoms with Crippen LogP contribution in [-0.4, -0.2) is 22.8 Å². The van der Waals surface area contributed by atoms with E-state index in [1.165, 1.54) is 4.90 Å². The van der Waals surface area contributed by atoms with Gasteiger partial charge in [0.25, 0.3) is 0 Å². The molecule has 1 saturated heterocycles. The molecule has 62 valence electrons. The largest absolute Gasteiger partial charge is 0.280 e. The van der Waals surface area contributed by atoms with Crippen LogP contribution in [0.5, 0.6) is 0 Å². The fraction of sp³-hybridized carbons (Fsp3) is 0.750. The minimum absolute atomic E-state index is 0.0174. The summed E-state index contributed by atoms with van der Waals surface area (Å²) in [6.07, 6.45) is 1.79. The quantitative estimate of drug-likeness (QED) is 0.528. The molecular formula is C8H13NO2. The third-order valence-electron chi connectivity index (χ3n) is 1.84. The molecule has 1 aliphatic rings. The number of hydrogen-bond acceptors (Lipinski definition) is 2. The monoisotopic (exact) mass is 155 g/mol. The molecule has 1 rings (SSSR count). The average molecular weight is 155 g/mol. The molecule has 2 amide bonds. The highest BCUT2D eigenvalue weighted by atomic mass is 16.2. The SMILES string of the molecule is CC(C)N1C(=O)CCCC1=O. The van der Waals surface area contributed by atoms with Crippen LogP contribution >= 0.6 is 0 Å². The lowest BCUT2D eigenvalue weighted by Crippen LogP contribution is -2.44. The number of amides is 2. The van der Waals surface area contributed by atoms with Crippen molar-refractivity contribution in [2.75, 3.05) is 0 Å². The number of nitrogens with zero attached hydrogens (tertiary/aromatic N) is 1. The molecule has 0 spiro atoms. The molecule has 11 heavy (non-hydrogen) atoms. The van der Waals surface area contributed by atoms with Gasteiger partial charge in [0.05, 0.1) is 0 Å². The first kappa shape index (κ1) is 8.24. The standard InChI is InChI=1S/C8H13NO2/c1-6(2)9-7(10)4-3-5-8(9)11/h6H,3-5H2,1-2H3. The molecule has 0 saturated carbocycles. The molecule has 0 atom stereocenters. The molecule has 1 aliphatic heterocycles. The van der Waals surface area contributed by atoms with Gasteiger partial charge in [0.2, 0.25) is 11.8 Å². The zero-order chi connectivity index (χ0) is 8.43. The summed E-state index contributed by atoms with van der Waals surface area (Å²) < 4.78 is 0. The molecular weight excluding hydrogens is 142 g/mol. The van der Waals surface area contributed by atoms with E-state index in [4.69, 9.17) is 0 Å². The van der Waals surface area contributed by atoms with Gasteiger partial charge >= 0.3 is 0 Å². The molecule has 0 unspecified atom stereocenters. The first-order valence-corrected chi connectivity index (χ1v) is 3.98. The Kier molecular flexibility index (Phi) is 2.27. The molecule has 0 N–H and O–H groups in total. The Morgan fingerprint density at radius 2 is 1.64 bits per heavy atom. The van der Waals surface area contributed by atoms with E-state index in [1.54, 1.807) is 0 Å². The molecule has 1 fully saturated rings. The van der Waals surface area contributed by atoms with Crippen LogP contribution in [0.1, 0.15) is 33.1 Å². The first-order valence-electron chi connectivity index (χ1n) is 3.98. The molecule has 0 aromatic heterocycles. The third-order valence-corrected chi connectivity index (χ3v) is 1.84. The molecule has 0 radical (unpaired) electrons. The summed E-state index contributed by atoms with van der Waals surface area (Å²) >= 11 is 0. The second-order valence-corrected chi connectivity index (χ2v) is 3.10. The highest BCUT2D eigenvalue weighted by molar-refractivity contribution is 5.97. The number of carbonyl (C=O) groups is 2. The van der Waals surface area contributed by atoms with Crippen LogP contribution in [0, 0.1) is 0 Å². The summed E-state index contributed by atoms with van der Waals surface area (Å²) in [5.74, 6) is -0.0347. The van der Waals surface area contributed by atoms with Crippen LogP contribution in [0.3, 0.4) is 0 Å². The van der Waals surface area contributed by atoms with Gasteiger partial charge in [-0.1, -0.05) is 0 Å². The minimum Gasteiger partial charge on any atom is -0.280 e. The lowest BCUT2D eigenvalue weighted by Gasteiger charge is -2.28. The normalized spacial score (nSPS) is 19.7. The Morgan fingerprint density at radius 1 is 1.18 bits per heavy atom. The lowest BCUT2D eigenvalue weighted by molar-refractivity contribution is -0.149. The summed E-state index contributed by atoms with van der Waals surface area (Å²) in [4.78, 5) is 23.7. The topological polar surface area (TPSA) is 37.4 Å². The molecule has 0 bridgehead atoms. The van der Waals surface area contributed by atoms with E-state index in [2.05, 4.69) is 0 Å². The van der Waals surface area contributed by atoms with E-state index in [9.17, 15) is 9.59 Å². The second kappa shape index (κ2) is 3.03. The number of likely N-dealkylation sites (tertiary alicyclic amines) is 1. The Balaban J connectivity index is 2.71. The molecule has 0 aliphatic carbocycles. The smallest absolute Gasteiger partial charge is 0.229 e. The van der Waals surface area contributed by atoms with Gasteiger partial charge in [0, 0.05) is 18.9 Å². The van der Waals surface area contributed by atoms with Crippen molar-refractivity contribution < 1.29 is 9.59 Å². The van der Waals surface area contributed by atoms with Gasteiger partial charge in [-0.25, -0.2) is 0 Å². The highest BCUT2D eigenvalue weighted by Crippen LogP contribution is 2.14. The van der Waals surface area contributed by atoms with Crippen molar-refractivity contribution in [2.24, 2.45) is 0 Å². The van der Waals surface area contributed by atoms with Gasteiger partial charge in [-0.05, 0) is 20.3 Å². The Labute approximate surface area is 66.4 Å². The zero-order valence-electron chi connectivity index (χ0n) is 6.96. The van der Waals surface area contributed by atoms with Crippen LogP contribution in [0.25, 0.3) is 0 Å². The van der Waals surface area contributed by atoms with Crippen LogP contribution in [0.15, 0.2) is 0 Å². The molecule has 3 heteroatoms. The second-order valence-electron chi connectivity index (χ2n) is 3.10. The van der Waals surface area contributed by atoms with E-state index >= 15 is 0 Å². The average Bonchev–Trinajstić information content (AvgIpc) is 1.85. The number of imide groups is 1. The summed E-state index contributed by atoms with van der Waals surface area (Å²) in [5.41, 5.74) is 0. The van der Waals surface area contributed by atoms with Crippen molar-refractivity contribution in [3.8, 4) is 0 Å². The van der Waals surface area contributed by atoms with Crippen LogP contribution in [-0.2, 0) is 9.59 Å². The molecule has 0 aromatic rings. The Bertz CT molecular complexity index is 171. The van der Waals surface area contributed by atoms with Crippen molar-refractivity contribution >= 4 is 11.8 Å². The first-order chi connectivity index (χ1) is 5.13. The fourth-order valence-electron chi connectivity index (χ4n) is 1.35. The maximum absolute atomic E-state index is 11.2. The molecule has 3 nitrogen and oxygen atoms in total. The van der Waals surface area contributed by atoms with Crippen LogP contribution < -0.4 is 0 Å². The van der Waals surface area contributed by atoms with Gasteiger partial charge in [-0.15, -0.1) is 0 Å². The minimum atomic E-state index is -0.0174. The van der Waals surface area contributed by atoms with Crippen LogP contribution in [0.2, 0.25) is 0 Å². The predicted octanol–water partition coefficient (Wildman–Crippen LogP) is 0.934. The maximum atomic E-state index is 11.2. The number of carbonyl (C=O) groups excluding carboxylic acids is 2. The summed E-state index contributed by atoms with van der Waals surface area (Å²) in [6.45, 7) is 3.72. The van der Waals surface area contributed by atoms with Gasteiger partial charge in [-0.3, -0.25) is 14.5 Å². The van der Waals surface area contributed by atoms with Gasteiger partial charge in [-0.2, -0.15) is 0 Å². The number of piperidine rings is 1. The third kappa shape index (κ3) is 1.59. The number of rotatable bonds is 1. The Hall–Kier alpha value is -0.860. The lowest BCUT2D eigenvalue weighted by atomic mass is 10.1. The maximum Gasteiger partial charge on any atom is 0.229 e. The number of hydrogen-bond donors (Lipinski definition) is 0. The van der Waals surface area contributed by atoms with Crippen molar-refractivity contribution in [1.82, 2.24) is 4.90 Å². The van der Waals surface area contributed by atoms with E-state index in [1.807, 2.05) is 13.8 Å². The summed E-state index contributed by atoms with van der Waals surface area (Å²) in [7, 11) is 0. The van der Waals surface area contributed by atoms with Crippen molar-refractivity contribution in [2.45, 2.75) is 39.2 Å². The molecule has 0 aromatic carbocycles. The van der Waals surface area contributed by atoms with Gasteiger partial charge in [0.1, 0.15) is 0 Å². The fourth-order valence-corrected chi connectivity index (χ4v) is 1.35. The zero-order valence-corrected chi connectivity index (χ0v) is 6.96. The summed E-state index contributed by atoms with van der Waals surface area (Å²) in [6, 6.07) is 0.0234. The van der Waals surface area contributed by atoms with E-state index in [0.29, 0.717) is 12.8 Å². The Morgan fingerprint density at radius 3 is 1.91 bits per heavy atom. The summed E-state index contributed by atoms with van der Waals surface area (Å²) in [5, 5.41) is 0.